The SMILES string of the molecule is CC(=O)Nc1ccc(C)c(NC(=O)N(Cc2cccc(C)c2)C2CC2)c1. The Kier molecular flexibility index (Phi) is 5.26. The second-order valence-corrected chi connectivity index (χ2v) is 6.99. The average molecular weight is 351 g/mol. The molecular weight excluding hydrogens is 326 g/mol. The first-order chi connectivity index (χ1) is 12.4. The van der Waals surface area contributed by atoms with Crippen molar-refractivity contribution in [2.45, 2.75) is 46.2 Å². The molecule has 0 bridgehead atoms. The lowest BCUT2D eigenvalue weighted by atomic mass is 10.1. The molecule has 3 amide bonds. The summed E-state index contributed by atoms with van der Waals surface area (Å²) >= 11 is 0. The van der Waals surface area contributed by atoms with Gasteiger partial charge in [0.05, 0.1) is 0 Å². The van der Waals surface area contributed by atoms with Gasteiger partial charge in [-0.25, -0.2) is 4.79 Å². The minimum absolute atomic E-state index is 0.0999. The Bertz CT molecular complexity index is 828. The molecular formula is C21H25N3O2. The number of anilines is 2. The second-order valence-electron chi connectivity index (χ2n) is 6.99. The van der Waals surface area contributed by atoms with Crippen LogP contribution in [-0.2, 0) is 11.3 Å². The number of rotatable bonds is 5. The predicted octanol–water partition coefficient (Wildman–Crippen LogP) is 4.46. The summed E-state index contributed by atoms with van der Waals surface area (Å²) in [7, 11) is 0. The van der Waals surface area contributed by atoms with Crippen LogP contribution < -0.4 is 10.6 Å². The zero-order chi connectivity index (χ0) is 18.7. The molecule has 136 valence electrons. The molecule has 3 rings (SSSR count). The van der Waals surface area contributed by atoms with Crippen molar-refractivity contribution < 1.29 is 9.59 Å². The standard InChI is InChI=1S/C21H25N3O2/c1-14-5-4-6-17(11-14)13-24(19-9-10-19)21(26)23-20-12-18(22-16(3)25)8-7-15(20)2/h4-8,11-12,19H,9-10,13H2,1-3H3,(H,22,25)(H,23,26). The van der Waals surface area contributed by atoms with E-state index in [9.17, 15) is 9.59 Å². The Labute approximate surface area is 154 Å². The fraction of sp³-hybridized carbons (Fsp3) is 0.333. The third-order valence-corrected chi connectivity index (χ3v) is 4.48. The normalized spacial score (nSPS) is 13.2. The largest absolute Gasteiger partial charge is 0.326 e. The number of nitrogens with one attached hydrogen (secondary N) is 2. The van der Waals surface area contributed by atoms with Gasteiger partial charge in [0.15, 0.2) is 0 Å². The Morgan fingerprint density at radius 1 is 1.08 bits per heavy atom. The Morgan fingerprint density at radius 2 is 1.85 bits per heavy atom. The van der Waals surface area contributed by atoms with E-state index >= 15 is 0 Å². The average Bonchev–Trinajstić information content (AvgIpc) is 3.40. The molecule has 0 atom stereocenters. The van der Waals surface area contributed by atoms with Gasteiger partial charge in [-0.15, -0.1) is 0 Å². The highest BCUT2D eigenvalue weighted by Crippen LogP contribution is 2.30. The Morgan fingerprint density at radius 3 is 2.50 bits per heavy atom. The smallest absolute Gasteiger partial charge is 0.322 e. The molecule has 1 aliphatic rings. The van der Waals surface area contributed by atoms with Crippen LogP contribution in [0.15, 0.2) is 42.5 Å². The van der Waals surface area contributed by atoms with Crippen LogP contribution in [0.5, 0.6) is 0 Å². The first-order valence-corrected chi connectivity index (χ1v) is 8.94. The predicted molar refractivity (Wildman–Crippen MR) is 104 cm³/mol. The third kappa shape index (κ3) is 4.63. The van der Waals surface area contributed by atoms with Gasteiger partial charge in [0, 0.05) is 30.9 Å². The van der Waals surface area contributed by atoms with Crippen LogP contribution in [-0.4, -0.2) is 22.9 Å². The number of carbonyl (C=O) groups excluding carboxylic acids is 2. The second kappa shape index (κ2) is 7.60. The number of urea groups is 1. The zero-order valence-electron chi connectivity index (χ0n) is 15.5. The van der Waals surface area contributed by atoms with Crippen LogP contribution in [0.25, 0.3) is 0 Å². The maximum atomic E-state index is 12.9. The molecule has 0 unspecified atom stereocenters. The van der Waals surface area contributed by atoms with Gasteiger partial charge < -0.3 is 15.5 Å². The Hall–Kier alpha value is -2.82. The van der Waals surface area contributed by atoms with Gasteiger partial charge in [-0.3, -0.25) is 4.79 Å². The van der Waals surface area contributed by atoms with Crippen molar-refractivity contribution in [1.82, 2.24) is 4.90 Å². The van der Waals surface area contributed by atoms with E-state index in [1.54, 1.807) is 6.07 Å². The summed E-state index contributed by atoms with van der Waals surface area (Å²) in [5, 5.41) is 5.77. The molecule has 5 nitrogen and oxygen atoms in total. The molecule has 2 N–H and O–H groups in total. The quantitative estimate of drug-likeness (QED) is 0.835. The van der Waals surface area contributed by atoms with E-state index in [0.717, 1.165) is 29.7 Å². The van der Waals surface area contributed by atoms with E-state index in [4.69, 9.17) is 0 Å². The Balaban J connectivity index is 1.75. The highest BCUT2D eigenvalue weighted by Gasteiger charge is 2.32. The molecule has 0 aliphatic heterocycles. The summed E-state index contributed by atoms with van der Waals surface area (Å²) in [5.74, 6) is -0.134. The molecule has 2 aromatic carbocycles. The molecule has 0 saturated heterocycles. The van der Waals surface area contributed by atoms with Crippen molar-refractivity contribution in [3.8, 4) is 0 Å². The van der Waals surface area contributed by atoms with Crippen molar-refractivity contribution in [2.24, 2.45) is 0 Å². The van der Waals surface area contributed by atoms with Crippen molar-refractivity contribution in [1.29, 1.82) is 0 Å². The molecule has 0 radical (unpaired) electrons. The van der Waals surface area contributed by atoms with E-state index in [1.165, 1.54) is 12.5 Å². The molecule has 1 aliphatic carbocycles. The van der Waals surface area contributed by atoms with Gasteiger partial charge in [0.2, 0.25) is 5.91 Å². The molecule has 0 heterocycles. The van der Waals surface area contributed by atoms with Crippen LogP contribution in [0.1, 0.15) is 36.5 Å². The van der Waals surface area contributed by atoms with Crippen LogP contribution in [0.3, 0.4) is 0 Å². The number of amides is 3. The maximum Gasteiger partial charge on any atom is 0.322 e. The number of carbonyl (C=O) groups is 2. The number of aryl methyl sites for hydroxylation is 2. The fourth-order valence-electron chi connectivity index (χ4n) is 2.98. The van der Waals surface area contributed by atoms with Crippen molar-refractivity contribution >= 4 is 23.3 Å². The van der Waals surface area contributed by atoms with Gasteiger partial charge in [-0.05, 0) is 49.9 Å². The van der Waals surface area contributed by atoms with Crippen molar-refractivity contribution in [2.75, 3.05) is 10.6 Å². The molecule has 5 heteroatoms. The number of hydrogen-bond acceptors (Lipinski definition) is 2. The molecule has 0 aromatic heterocycles. The molecule has 26 heavy (non-hydrogen) atoms. The van der Waals surface area contributed by atoms with Gasteiger partial charge in [0.25, 0.3) is 0 Å². The highest BCUT2D eigenvalue weighted by atomic mass is 16.2. The van der Waals surface area contributed by atoms with Crippen molar-refractivity contribution in [3.05, 3.63) is 59.2 Å². The van der Waals surface area contributed by atoms with E-state index in [1.807, 2.05) is 30.0 Å². The number of benzene rings is 2. The van der Waals surface area contributed by atoms with Crippen LogP contribution in [0.2, 0.25) is 0 Å². The van der Waals surface area contributed by atoms with Gasteiger partial charge >= 0.3 is 6.03 Å². The summed E-state index contributed by atoms with van der Waals surface area (Å²) in [6.45, 7) is 6.06. The topological polar surface area (TPSA) is 61.4 Å². The van der Waals surface area contributed by atoms with Crippen molar-refractivity contribution in [3.63, 3.8) is 0 Å². The summed E-state index contributed by atoms with van der Waals surface area (Å²) in [6, 6.07) is 14.0. The van der Waals surface area contributed by atoms with E-state index in [0.29, 0.717) is 18.3 Å². The van der Waals surface area contributed by atoms with Crippen LogP contribution in [0.4, 0.5) is 16.2 Å². The van der Waals surface area contributed by atoms with Gasteiger partial charge in [-0.1, -0.05) is 35.9 Å². The van der Waals surface area contributed by atoms with E-state index < -0.39 is 0 Å². The minimum atomic E-state index is -0.134. The lowest BCUT2D eigenvalue weighted by Crippen LogP contribution is -2.36. The first-order valence-electron chi connectivity index (χ1n) is 8.94. The number of nitrogens with zero attached hydrogens (tertiary/aromatic N) is 1. The minimum Gasteiger partial charge on any atom is -0.326 e. The molecule has 0 spiro atoms. The zero-order valence-corrected chi connectivity index (χ0v) is 15.5. The number of hydrogen-bond donors (Lipinski definition) is 2. The lowest BCUT2D eigenvalue weighted by molar-refractivity contribution is -0.114. The van der Waals surface area contributed by atoms with Crippen LogP contribution >= 0.6 is 0 Å². The first kappa shape index (κ1) is 18.0. The summed E-state index contributed by atoms with van der Waals surface area (Å²) in [5.41, 5.74) is 4.68. The van der Waals surface area contributed by atoms with E-state index in [-0.39, 0.29) is 11.9 Å². The summed E-state index contributed by atoms with van der Waals surface area (Å²) in [4.78, 5) is 26.1. The van der Waals surface area contributed by atoms with Gasteiger partial charge in [-0.2, -0.15) is 0 Å². The highest BCUT2D eigenvalue weighted by molar-refractivity contribution is 5.93. The van der Waals surface area contributed by atoms with E-state index in [2.05, 4.69) is 35.8 Å². The third-order valence-electron chi connectivity index (χ3n) is 4.48. The molecule has 1 saturated carbocycles. The molecule has 1 fully saturated rings. The lowest BCUT2D eigenvalue weighted by Gasteiger charge is -2.24. The van der Waals surface area contributed by atoms with Crippen LogP contribution in [0, 0.1) is 13.8 Å². The monoisotopic (exact) mass is 351 g/mol. The summed E-state index contributed by atoms with van der Waals surface area (Å²) < 4.78 is 0. The fourth-order valence-corrected chi connectivity index (χ4v) is 2.98. The van der Waals surface area contributed by atoms with Gasteiger partial charge in [0.1, 0.15) is 0 Å². The summed E-state index contributed by atoms with van der Waals surface area (Å²) in [6.07, 6.45) is 2.09. The molecule has 2 aromatic rings. The maximum absolute atomic E-state index is 12.9.